The van der Waals surface area contributed by atoms with Gasteiger partial charge in [-0.15, -0.1) is 0 Å². The Kier molecular flexibility index (Phi) is 2.67. The van der Waals surface area contributed by atoms with Gasteiger partial charge in [-0.1, -0.05) is 36.4 Å². The molecule has 0 radical (unpaired) electrons. The van der Waals surface area contributed by atoms with Crippen molar-refractivity contribution in [3.8, 4) is 0 Å². The molecule has 1 atom stereocenters. The molecular formula is C16H17NO. The number of nitrogens with zero attached hydrogens (tertiary/aromatic N) is 1. The molecule has 0 fully saturated rings. The minimum absolute atomic E-state index is 0.0308. The Morgan fingerprint density at radius 3 is 2.67 bits per heavy atom. The van der Waals surface area contributed by atoms with Crippen LogP contribution in [0.4, 0.5) is 0 Å². The van der Waals surface area contributed by atoms with Crippen molar-refractivity contribution in [3.05, 3.63) is 47.5 Å². The number of aryl methyl sites for hydroxylation is 1. The van der Waals surface area contributed by atoms with Crippen molar-refractivity contribution in [2.45, 2.75) is 18.9 Å². The highest BCUT2D eigenvalue weighted by Crippen LogP contribution is 2.30. The van der Waals surface area contributed by atoms with E-state index in [-0.39, 0.29) is 11.8 Å². The third-order valence-corrected chi connectivity index (χ3v) is 3.87. The van der Waals surface area contributed by atoms with Gasteiger partial charge in [0.25, 0.3) is 0 Å². The topological polar surface area (TPSA) is 20.3 Å². The molecular weight excluding hydrogens is 222 g/mol. The maximum atomic E-state index is 12.6. The van der Waals surface area contributed by atoms with Gasteiger partial charge < -0.3 is 0 Å². The summed E-state index contributed by atoms with van der Waals surface area (Å²) < 4.78 is 0. The molecule has 0 aromatic heterocycles. The Morgan fingerprint density at radius 1 is 1.11 bits per heavy atom. The quantitative estimate of drug-likeness (QED) is 0.762. The summed E-state index contributed by atoms with van der Waals surface area (Å²) >= 11 is 0. The van der Waals surface area contributed by atoms with Crippen molar-refractivity contribution >= 4 is 16.6 Å². The summed E-state index contributed by atoms with van der Waals surface area (Å²) in [5, 5.41) is 2.26. The molecule has 0 N–H and O–H groups in total. The van der Waals surface area contributed by atoms with E-state index in [1.54, 1.807) is 0 Å². The maximum Gasteiger partial charge on any atom is 0.180 e. The van der Waals surface area contributed by atoms with Crippen LogP contribution in [0.1, 0.15) is 22.3 Å². The molecule has 3 rings (SSSR count). The van der Waals surface area contributed by atoms with E-state index in [0.717, 1.165) is 29.2 Å². The Labute approximate surface area is 107 Å². The molecule has 0 aliphatic heterocycles. The largest absolute Gasteiger partial charge is 0.299 e. The number of hydrogen-bond donors (Lipinski definition) is 0. The van der Waals surface area contributed by atoms with Gasteiger partial charge in [-0.3, -0.25) is 9.69 Å². The number of fused-ring (bicyclic) bond motifs is 3. The summed E-state index contributed by atoms with van der Waals surface area (Å²) in [6.07, 6.45) is 1.92. The molecule has 0 amide bonds. The fourth-order valence-electron chi connectivity index (χ4n) is 2.90. The van der Waals surface area contributed by atoms with E-state index < -0.39 is 0 Å². The second-order valence-corrected chi connectivity index (χ2v) is 5.20. The molecule has 1 unspecified atom stereocenters. The highest BCUT2D eigenvalue weighted by atomic mass is 16.1. The van der Waals surface area contributed by atoms with Crippen LogP contribution >= 0.6 is 0 Å². The molecule has 0 spiro atoms. The normalized spacial score (nSPS) is 19.3. The van der Waals surface area contributed by atoms with Crippen LogP contribution in [0, 0.1) is 0 Å². The SMILES string of the molecule is CN(C)C1CCc2ccc3ccccc3c2C1=O. The van der Waals surface area contributed by atoms with E-state index >= 15 is 0 Å². The molecule has 0 saturated carbocycles. The lowest BCUT2D eigenvalue weighted by Crippen LogP contribution is -2.39. The summed E-state index contributed by atoms with van der Waals surface area (Å²) in [5.74, 6) is 0.276. The highest BCUT2D eigenvalue weighted by Gasteiger charge is 2.29. The summed E-state index contributed by atoms with van der Waals surface area (Å²) in [7, 11) is 3.97. The van der Waals surface area contributed by atoms with Crippen molar-refractivity contribution in [3.63, 3.8) is 0 Å². The van der Waals surface area contributed by atoms with Gasteiger partial charge >= 0.3 is 0 Å². The van der Waals surface area contributed by atoms with E-state index in [9.17, 15) is 4.79 Å². The van der Waals surface area contributed by atoms with E-state index in [1.807, 2.05) is 31.1 Å². The third-order valence-electron chi connectivity index (χ3n) is 3.87. The number of carbonyl (C=O) groups excluding carboxylic acids is 1. The standard InChI is InChI=1S/C16H17NO/c1-17(2)14-10-9-12-8-7-11-5-3-4-6-13(11)15(12)16(14)18/h3-8,14H,9-10H2,1-2H3. The van der Waals surface area contributed by atoms with Crippen LogP contribution in [0.25, 0.3) is 10.8 Å². The molecule has 0 heterocycles. The lowest BCUT2D eigenvalue weighted by Gasteiger charge is -2.29. The van der Waals surface area contributed by atoms with Gasteiger partial charge in [0.15, 0.2) is 5.78 Å². The van der Waals surface area contributed by atoms with Gasteiger partial charge in [-0.25, -0.2) is 0 Å². The van der Waals surface area contributed by atoms with Crippen LogP contribution in [0.5, 0.6) is 0 Å². The van der Waals surface area contributed by atoms with Crippen LogP contribution in [0.15, 0.2) is 36.4 Å². The first kappa shape index (κ1) is 11.4. The Hall–Kier alpha value is -1.67. The van der Waals surface area contributed by atoms with Gasteiger partial charge in [0.05, 0.1) is 6.04 Å². The second-order valence-electron chi connectivity index (χ2n) is 5.20. The maximum absolute atomic E-state index is 12.6. The molecule has 2 nitrogen and oxygen atoms in total. The van der Waals surface area contributed by atoms with Crippen LogP contribution in [0.2, 0.25) is 0 Å². The molecule has 2 aromatic rings. The number of rotatable bonds is 1. The third kappa shape index (κ3) is 1.65. The van der Waals surface area contributed by atoms with E-state index in [2.05, 4.69) is 24.3 Å². The summed E-state index contributed by atoms with van der Waals surface area (Å²) in [6, 6.07) is 12.4. The van der Waals surface area contributed by atoms with Crippen molar-refractivity contribution in [2.75, 3.05) is 14.1 Å². The van der Waals surface area contributed by atoms with E-state index in [4.69, 9.17) is 0 Å². The number of hydrogen-bond acceptors (Lipinski definition) is 2. The highest BCUT2D eigenvalue weighted by molar-refractivity contribution is 6.12. The Bertz CT molecular complexity index is 616. The zero-order valence-corrected chi connectivity index (χ0v) is 10.8. The van der Waals surface area contributed by atoms with Gasteiger partial charge in [0.1, 0.15) is 0 Å². The van der Waals surface area contributed by atoms with Gasteiger partial charge in [-0.05, 0) is 43.3 Å². The van der Waals surface area contributed by atoms with Crippen molar-refractivity contribution < 1.29 is 4.79 Å². The fourth-order valence-corrected chi connectivity index (χ4v) is 2.90. The summed E-state index contributed by atoms with van der Waals surface area (Å²) in [5.41, 5.74) is 2.15. The number of Topliss-reactive ketones (excluding diaryl/α,β-unsaturated/α-hetero) is 1. The Morgan fingerprint density at radius 2 is 1.89 bits per heavy atom. The van der Waals surface area contributed by atoms with Gasteiger partial charge in [0.2, 0.25) is 0 Å². The number of benzene rings is 2. The first-order valence-corrected chi connectivity index (χ1v) is 6.40. The van der Waals surface area contributed by atoms with E-state index in [0.29, 0.717) is 0 Å². The number of ketones is 1. The van der Waals surface area contributed by atoms with Crippen molar-refractivity contribution in [1.82, 2.24) is 4.90 Å². The smallest absolute Gasteiger partial charge is 0.180 e. The minimum Gasteiger partial charge on any atom is -0.299 e. The zero-order valence-electron chi connectivity index (χ0n) is 10.8. The van der Waals surface area contributed by atoms with Crippen LogP contribution in [-0.2, 0) is 6.42 Å². The molecule has 2 aromatic carbocycles. The summed E-state index contributed by atoms with van der Waals surface area (Å²) in [6.45, 7) is 0. The average molecular weight is 239 g/mol. The number of carbonyl (C=O) groups is 1. The van der Waals surface area contributed by atoms with Crippen molar-refractivity contribution in [2.24, 2.45) is 0 Å². The molecule has 1 aliphatic rings. The lowest BCUT2D eigenvalue weighted by atomic mass is 9.83. The fraction of sp³-hybridized carbons (Fsp3) is 0.312. The van der Waals surface area contributed by atoms with E-state index in [1.165, 1.54) is 5.56 Å². The van der Waals surface area contributed by atoms with Crippen LogP contribution < -0.4 is 0 Å². The van der Waals surface area contributed by atoms with Crippen LogP contribution in [0.3, 0.4) is 0 Å². The predicted molar refractivity (Wildman–Crippen MR) is 74.1 cm³/mol. The second kappa shape index (κ2) is 4.21. The van der Waals surface area contributed by atoms with Gasteiger partial charge in [-0.2, -0.15) is 0 Å². The molecule has 0 bridgehead atoms. The molecule has 0 saturated heterocycles. The molecule has 1 aliphatic carbocycles. The predicted octanol–water partition coefficient (Wildman–Crippen LogP) is 2.90. The van der Waals surface area contributed by atoms with Gasteiger partial charge in [0, 0.05) is 5.56 Å². The zero-order chi connectivity index (χ0) is 12.7. The minimum atomic E-state index is 0.0308. The first-order valence-electron chi connectivity index (χ1n) is 6.40. The average Bonchev–Trinajstić information content (AvgIpc) is 2.38. The lowest BCUT2D eigenvalue weighted by molar-refractivity contribution is 0.0855. The molecule has 2 heteroatoms. The van der Waals surface area contributed by atoms with Crippen LogP contribution in [-0.4, -0.2) is 30.8 Å². The monoisotopic (exact) mass is 239 g/mol. The molecule has 92 valence electrons. The Balaban J connectivity index is 2.23. The van der Waals surface area contributed by atoms with Crippen molar-refractivity contribution in [1.29, 1.82) is 0 Å². The number of likely N-dealkylation sites (N-methyl/N-ethyl adjacent to an activating group) is 1. The first-order chi connectivity index (χ1) is 8.68. The summed E-state index contributed by atoms with van der Waals surface area (Å²) in [4.78, 5) is 14.7. The molecule has 18 heavy (non-hydrogen) atoms.